The lowest BCUT2D eigenvalue weighted by atomic mass is 9.62. The van der Waals surface area contributed by atoms with E-state index in [1.54, 1.807) is 0 Å². The zero-order valence-electron chi connectivity index (χ0n) is 19.6. The first-order valence-electron chi connectivity index (χ1n) is 11.8. The van der Waals surface area contributed by atoms with E-state index in [4.69, 9.17) is 0 Å². The van der Waals surface area contributed by atoms with Crippen LogP contribution in [0.3, 0.4) is 0 Å². The highest BCUT2D eigenvalue weighted by molar-refractivity contribution is 4.87. The zero-order valence-corrected chi connectivity index (χ0v) is 19.6. The summed E-state index contributed by atoms with van der Waals surface area (Å²) in [5.74, 6) is 2.18. The molecule has 3 unspecified atom stereocenters. The maximum Gasteiger partial charge on any atom is 0.0573 e. The average molecular weight is 383 g/mol. The van der Waals surface area contributed by atoms with E-state index >= 15 is 0 Å². The third kappa shape index (κ3) is 8.44. The molecule has 0 bridgehead atoms. The van der Waals surface area contributed by atoms with E-state index in [1.807, 2.05) is 0 Å². The summed E-state index contributed by atoms with van der Waals surface area (Å²) in [7, 11) is 0. The number of hydrogen-bond acceptors (Lipinski definition) is 2. The van der Waals surface area contributed by atoms with Crippen LogP contribution in [-0.4, -0.2) is 22.4 Å². The summed E-state index contributed by atoms with van der Waals surface area (Å²) >= 11 is 0. The molecule has 0 radical (unpaired) electrons. The van der Waals surface area contributed by atoms with Crippen LogP contribution in [0.25, 0.3) is 0 Å². The van der Waals surface area contributed by atoms with Gasteiger partial charge in [0, 0.05) is 0 Å². The van der Waals surface area contributed by atoms with Gasteiger partial charge in [-0.25, -0.2) is 0 Å². The topological polar surface area (TPSA) is 40.5 Å². The minimum atomic E-state index is -0.0603. The van der Waals surface area contributed by atoms with E-state index in [0.717, 1.165) is 37.5 Å². The van der Waals surface area contributed by atoms with Gasteiger partial charge in [-0.2, -0.15) is 0 Å². The van der Waals surface area contributed by atoms with Gasteiger partial charge in [0.05, 0.1) is 12.2 Å². The first kappa shape index (κ1) is 25.0. The Morgan fingerprint density at radius 2 is 1.63 bits per heavy atom. The standard InChI is InChI=1S/C15H30O.C10H20O/c1-5-7-13(16)9-10-14-12(2)8-6-11-15(14,3)4;1-10(2,3)8-6-4-5-7-9(8)11/h12-14,16H,5-11H2,1-4H3;8-9,11H,4-7H2,1-3H3/t;8-,9-/m.1/s1. The van der Waals surface area contributed by atoms with Gasteiger partial charge < -0.3 is 10.2 Å². The van der Waals surface area contributed by atoms with Crippen molar-refractivity contribution in [1.82, 2.24) is 0 Å². The van der Waals surface area contributed by atoms with E-state index in [0.29, 0.717) is 16.7 Å². The van der Waals surface area contributed by atoms with Crippen molar-refractivity contribution in [1.29, 1.82) is 0 Å². The predicted octanol–water partition coefficient (Wildman–Crippen LogP) is 6.97. The molecule has 0 heterocycles. The van der Waals surface area contributed by atoms with E-state index in [2.05, 4.69) is 48.5 Å². The molecule has 2 N–H and O–H groups in total. The lowest BCUT2D eigenvalue weighted by Crippen LogP contribution is -2.34. The second-order valence-electron chi connectivity index (χ2n) is 11.3. The molecule has 0 aromatic rings. The summed E-state index contributed by atoms with van der Waals surface area (Å²) in [5.41, 5.74) is 0.781. The monoisotopic (exact) mass is 382 g/mol. The van der Waals surface area contributed by atoms with Crippen molar-refractivity contribution in [3.05, 3.63) is 0 Å². The minimum absolute atomic E-state index is 0.0382. The Morgan fingerprint density at radius 3 is 2.11 bits per heavy atom. The predicted molar refractivity (Wildman–Crippen MR) is 118 cm³/mol. The van der Waals surface area contributed by atoms with Crippen LogP contribution in [0, 0.1) is 28.6 Å². The maximum absolute atomic E-state index is 9.84. The maximum atomic E-state index is 9.84. The van der Waals surface area contributed by atoms with Gasteiger partial charge in [0.2, 0.25) is 0 Å². The van der Waals surface area contributed by atoms with Crippen LogP contribution in [0.1, 0.15) is 119 Å². The minimum Gasteiger partial charge on any atom is -0.393 e. The average Bonchev–Trinajstić information content (AvgIpc) is 2.54. The largest absolute Gasteiger partial charge is 0.393 e. The second kappa shape index (κ2) is 11.2. The summed E-state index contributed by atoms with van der Waals surface area (Å²) in [4.78, 5) is 0. The summed E-state index contributed by atoms with van der Waals surface area (Å²) in [6.07, 6.45) is 13.1. The summed E-state index contributed by atoms with van der Waals surface area (Å²) in [5, 5.41) is 19.5. The zero-order chi connectivity index (χ0) is 20.7. The number of rotatable bonds is 5. The molecule has 0 saturated heterocycles. The van der Waals surface area contributed by atoms with Crippen LogP contribution in [0.15, 0.2) is 0 Å². The van der Waals surface area contributed by atoms with Gasteiger partial charge in [-0.05, 0) is 67.1 Å². The van der Waals surface area contributed by atoms with Crippen molar-refractivity contribution in [2.45, 2.75) is 131 Å². The number of aliphatic hydroxyl groups excluding tert-OH is 2. The molecule has 27 heavy (non-hydrogen) atoms. The Kier molecular flexibility index (Phi) is 10.3. The molecule has 2 aliphatic carbocycles. The highest BCUT2D eigenvalue weighted by Crippen LogP contribution is 2.46. The molecular formula is C25H50O2. The van der Waals surface area contributed by atoms with Crippen LogP contribution in [0.5, 0.6) is 0 Å². The first-order valence-corrected chi connectivity index (χ1v) is 11.8. The van der Waals surface area contributed by atoms with Crippen LogP contribution < -0.4 is 0 Å². The molecule has 0 amide bonds. The molecule has 0 aliphatic heterocycles. The molecular weight excluding hydrogens is 332 g/mol. The summed E-state index contributed by atoms with van der Waals surface area (Å²) < 4.78 is 0. The van der Waals surface area contributed by atoms with Crippen LogP contribution in [-0.2, 0) is 0 Å². The molecule has 0 spiro atoms. The Bertz CT molecular complexity index is 396. The molecule has 2 fully saturated rings. The van der Waals surface area contributed by atoms with Crippen molar-refractivity contribution in [3.8, 4) is 0 Å². The fraction of sp³-hybridized carbons (Fsp3) is 1.00. The fourth-order valence-electron chi connectivity index (χ4n) is 5.68. The Hall–Kier alpha value is -0.0800. The number of aliphatic hydroxyl groups is 2. The molecule has 2 saturated carbocycles. The van der Waals surface area contributed by atoms with Crippen molar-refractivity contribution in [2.24, 2.45) is 28.6 Å². The summed E-state index contributed by atoms with van der Waals surface area (Å²) in [6.45, 7) is 16.1. The first-order chi connectivity index (χ1) is 12.5. The van der Waals surface area contributed by atoms with Crippen LogP contribution >= 0.6 is 0 Å². The number of hydrogen-bond donors (Lipinski definition) is 2. The SMILES string of the molecule is CC(C)(C)[C@@H]1CCCC[C@H]1O.CCCC(O)CCC1C(C)CCCC1(C)C. The van der Waals surface area contributed by atoms with E-state index in [-0.39, 0.29) is 12.2 Å². The quantitative estimate of drug-likeness (QED) is 0.539. The van der Waals surface area contributed by atoms with Crippen molar-refractivity contribution >= 4 is 0 Å². The second-order valence-corrected chi connectivity index (χ2v) is 11.3. The molecule has 0 aromatic heterocycles. The summed E-state index contributed by atoms with van der Waals surface area (Å²) in [6, 6.07) is 0. The van der Waals surface area contributed by atoms with Gasteiger partial charge in [-0.15, -0.1) is 0 Å². The van der Waals surface area contributed by atoms with Gasteiger partial charge in [0.25, 0.3) is 0 Å². The fourth-order valence-corrected chi connectivity index (χ4v) is 5.68. The molecule has 2 heteroatoms. The van der Waals surface area contributed by atoms with E-state index < -0.39 is 0 Å². The molecule has 5 atom stereocenters. The third-order valence-electron chi connectivity index (χ3n) is 7.45. The molecule has 2 nitrogen and oxygen atoms in total. The van der Waals surface area contributed by atoms with Gasteiger partial charge in [0.15, 0.2) is 0 Å². The Morgan fingerprint density at radius 1 is 1.00 bits per heavy atom. The smallest absolute Gasteiger partial charge is 0.0573 e. The molecule has 162 valence electrons. The van der Waals surface area contributed by atoms with E-state index in [1.165, 1.54) is 44.9 Å². The molecule has 2 aliphatic rings. The highest BCUT2D eigenvalue weighted by atomic mass is 16.3. The van der Waals surface area contributed by atoms with Gasteiger partial charge in [-0.3, -0.25) is 0 Å². The Balaban J connectivity index is 0.000000289. The van der Waals surface area contributed by atoms with Gasteiger partial charge >= 0.3 is 0 Å². The van der Waals surface area contributed by atoms with Crippen LogP contribution in [0.4, 0.5) is 0 Å². The van der Waals surface area contributed by atoms with Crippen LogP contribution in [0.2, 0.25) is 0 Å². The van der Waals surface area contributed by atoms with E-state index in [9.17, 15) is 10.2 Å². The van der Waals surface area contributed by atoms with Crippen molar-refractivity contribution < 1.29 is 10.2 Å². The lowest BCUT2D eigenvalue weighted by molar-refractivity contribution is 0.0105. The lowest BCUT2D eigenvalue weighted by Gasteiger charge is -2.43. The van der Waals surface area contributed by atoms with Gasteiger partial charge in [0.1, 0.15) is 0 Å². The Labute approximate surface area is 170 Å². The van der Waals surface area contributed by atoms with Crippen molar-refractivity contribution in [2.75, 3.05) is 0 Å². The molecule has 0 aromatic carbocycles. The normalized spacial score (nSPS) is 32.3. The third-order valence-corrected chi connectivity index (χ3v) is 7.45. The highest BCUT2D eigenvalue weighted by Gasteiger charge is 2.36. The van der Waals surface area contributed by atoms with Gasteiger partial charge in [-0.1, -0.05) is 80.6 Å². The molecule has 2 rings (SSSR count). The van der Waals surface area contributed by atoms with Crippen molar-refractivity contribution in [3.63, 3.8) is 0 Å².